The van der Waals surface area contributed by atoms with Crippen molar-refractivity contribution < 1.29 is 14.3 Å². The molecule has 0 aliphatic heterocycles. The van der Waals surface area contributed by atoms with E-state index in [1.54, 1.807) is 48.1 Å². The molecule has 0 atom stereocenters. The molecular formula is C19H19N5O3. The van der Waals surface area contributed by atoms with E-state index in [9.17, 15) is 9.59 Å². The summed E-state index contributed by atoms with van der Waals surface area (Å²) >= 11 is 0. The zero-order valence-corrected chi connectivity index (χ0v) is 15.0. The Bertz CT molecular complexity index is 950. The highest BCUT2D eigenvalue weighted by Gasteiger charge is 2.09. The summed E-state index contributed by atoms with van der Waals surface area (Å²) in [6, 6.07) is 14.0. The molecule has 0 spiro atoms. The summed E-state index contributed by atoms with van der Waals surface area (Å²) < 4.78 is 7.02. The number of ketones is 1. The van der Waals surface area contributed by atoms with Crippen molar-refractivity contribution in [2.45, 2.75) is 13.3 Å². The van der Waals surface area contributed by atoms with Gasteiger partial charge in [0.2, 0.25) is 0 Å². The van der Waals surface area contributed by atoms with E-state index >= 15 is 0 Å². The van der Waals surface area contributed by atoms with Crippen LogP contribution in [0.4, 0.5) is 5.69 Å². The van der Waals surface area contributed by atoms with Gasteiger partial charge in [-0.2, -0.15) is 0 Å². The van der Waals surface area contributed by atoms with Crippen LogP contribution in [-0.4, -0.2) is 38.5 Å². The third-order valence-electron chi connectivity index (χ3n) is 3.89. The highest BCUT2D eigenvalue weighted by molar-refractivity contribution is 5.96. The quantitative estimate of drug-likeness (QED) is 0.646. The second-order valence-corrected chi connectivity index (χ2v) is 5.84. The third kappa shape index (κ3) is 4.55. The monoisotopic (exact) mass is 365 g/mol. The van der Waals surface area contributed by atoms with Crippen molar-refractivity contribution >= 4 is 17.4 Å². The number of ether oxygens (including phenoxy) is 1. The molecule has 0 aliphatic rings. The predicted molar refractivity (Wildman–Crippen MR) is 99.4 cm³/mol. The van der Waals surface area contributed by atoms with Crippen molar-refractivity contribution in [1.82, 2.24) is 20.2 Å². The number of nitrogens with one attached hydrogen (secondary N) is 1. The van der Waals surface area contributed by atoms with Gasteiger partial charge < -0.3 is 10.1 Å². The Morgan fingerprint density at radius 2 is 1.93 bits per heavy atom. The summed E-state index contributed by atoms with van der Waals surface area (Å²) in [5.74, 6) is 0.898. The van der Waals surface area contributed by atoms with E-state index in [0.717, 1.165) is 5.56 Å². The first kappa shape index (κ1) is 18.2. The Labute approximate surface area is 156 Å². The third-order valence-corrected chi connectivity index (χ3v) is 3.89. The Balaban J connectivity index is 1.58. The first-order valence-corrected chi connectivity index (χ1v) is 8.45. The van der Waals surface area contributed by atoms with Crippen LogP contribution in [0, 0.1) is 0 Å². The molecule has 0 saturated heterocycles. The summed E-state index contributed by atoms with van der Waals surface area (Å²) in [7, 11) is 1.74. The van der Waals surface area contributed by atoms with Crippen LogP contribution in [0.25, 0.3) is 11.4 Å². The van der Waals surface area contributed by atoms with Crippen molar-refractivity contribution in [2.75, 3.05) is 11.9 Å². The Morgan fingerprint density at radius 3 is 2.59 bits per heavy atom. The molecule has 2 aromatic carbocycles. The maximum absolute atomic E-state index is 12.1. The van der Waals surface area contributed by atoms with Crippen LogP contribution in [-0.2, 0) is 11.8 Å². The normalized spacial score (nSPS) is 10.4. The average Bonchev–Trinajstić information content (AvgIpc) is 3.12. The molecule has 1 N–H and O–H groups in total. The number of carbonyl (C=O) groups excluding carboxylic acids is 2. The van der Waals surface area contributed by atoms with Gasteiger partial charge in [0.1, 0.15) is 5.75 Å². The summed E-state index contributed by atoms with van der Waals surface area (Å²) in [6.45, 7) is 1.67. The lowest BCUT2D eigenvalue weighted by molar-refractivity contribution is -0.118. The average molecular weight is 365 g/mol. The van der Waals surface area contributed by atoms with Gasteiger partial charge in [-0.25, -0.2) is 4.68 Å². The summed E-state index contributed by atoms with van der Waals surface area (Å²) in [5, 5.41) is 14.1. The number of aromatic nitrogens is 4. The van der Waals surface area contributed by atoms with Crippen molar-refractivity contribution in [3.8, 4) is 17.1 Å². The van der Waals surface area contributed by atoms with Gasteiger partial charge in [-0.05, 0) is 46.8 Å². The lowest BCUT2D eigenvalue weighted by Crippen LogP contribution is -2.20. The molecule has 0 unspecified atom stereocenters. The highest BCUT2D eigenvalue weighted by Crippen LogP contribution is 2.19. The van der Waals surface area contributed by atoms with E-state index in [1.165, 1.54) is 0 Å². The lowest BCUT2D eigenvalue weighted by Gasteiger charge is -2.09. The van der Waals surface area contributed by atoms with Crippen LogP contribution < -0.4 is 10.1 Å². The van der Waals surface area contributed by atoms with E-state index < -0.39 is 0 Å². The Hall–Kier alpha value is -3.55. The van der Waals surface area contributed by atoms with E-state index in [1.807, 2.05) is 19.1 Å². The molecular weight excluding hydrogens is 346 g/mol. The maximum Gasteiger partial charge on any atom is 0.262 e. The number of hydrogen-bond donors (Lipinski definition) is 1. The molecule has 1 amide bonds. The first-order valence-electron chi connectivity index (χ1n) is 8.45. The van der Waals surface area contributed by atoms with E-state index in [-0.39, 0.29) is 18.3 Å². The zero-order chi connectivity index (χ0) is 19.2. The molecule has 0 fully saturated rings. The standard InChI is InChI=1S/C19H19N5O3/c1-3-17(25)13-7-9-16(10-8-13)27-12-18(26)20-15-6-4-5-14(11-15)19-21-22-23-24(19)2/h4-11H,3,12H2,1-2H3,(H,20,26). The van der Waals surface area contributed by atoms with Gasteiger partial charge in [-0.15, -0.1) is 5.10 Å². The van der Waals surface area contributed by atoms with Gasteiger partial charge in [0.05, 0.1) is 0 Å². The van der Waals surface area contributed by atoms with Gasteiger partial charge in [0, 0.05) is 30.3 Å². The minimum Gasteiger partial charge on any atom is -0.484 e. The molecule has 1 aromatic heterocycles. The number of nitrogens with zero attached hydrogens (tertiary/aromatic N) is 4. The fourth-order valence-electron chi connectivity index (χ4n) is 2.50. The van der Waals surface area contributed by atoms with Crippen LogP contribution in [0.1, 0.15) is 23.7 Å². The second kappa shape index (κ2) is 8.22. The fourth-order valence-corrected chi connectivity index (χ4v) is 2.50. The fraction of sp³-hybridized carbons (Fsp3) is 0.211. The zero-order valence-electron chi connectivity index (χ0n) is 15.0. The number of rotatable bonds is 7. The maximum atomic E-state index is 12.1. The van der Waals surface area contributed by atoms with E-state index in [2.05, 4.69) is 20.8 Å². The molecule has 138 valence electrons. The van der Waals surface area contributed by atoms with Crippen LogP contribution >= 0.6 is 0 Å². The number of anilines is 1. The minimum absolute atomic E-state index is 0.0669. The predicted octanol–water partition coefficient (Wildman–Crippen LogP) is 2.49. The van der Waals surface area contributed by atoms with Crippen molar-refractivity contribution in [1.29, 1.82) is 0 Å². The molecule has 0 radical (unpaired) electrons. The largest absolute Gasteiger partial charge is 0.484 e. The number of amides is 1. The Morgan fingerprint density at radius 1 is 1.15 bits per heavy atom. The number of carbonyl (C=O) groups is 2. The van der Waals surface area contributed by atoms with Gasteiger partial charge in [-0.3, -0.25) is 9.59 Å². The van der Waals surface area contributed by atoms with E-state index in [4.69, 9.17) is 4.74 Å². The summed E-state index contributed by atoms with van der Waals surface area (Å²) in [6.07, 6.45) is 0.450. The SMILES string of the molecule is CCC(=O)c1ccc(OCC(=O)Nc2cccc(-c3nnnn3C)c2)cc1. The van der Waals surface area contributed by atoms with Gasteiger partial charge >= 0.3 is 0 Å². The molecule has 1 heterocycles. The van der Waals surface area contributed by atoms with E-state index in [0.29, 0.717) is 29.2 Å². The number of hydrogen-bond acceptors (Lipinski definition) is 6. The lowest BCUT2D eigenvalue weighted by atomic mass is 10.1. The Kier molecular flexibility index (Phi) is 5.55. The van der Waals surface area contributed by atoms with Crippen LogP contribution in [0.2, 0.25) is 0 Å². The van der Waals surface area contributed by atoms with Crippen LogP contribution in [0.15, 0.2) is 48.5 Å². The number of aryl methyl sites for hydroxylation is 1. The molecule has 27 heavy (non-hydrogen) atoms. The van der Waals surface area contributed by atoms with Gasteiger partial charge in [0.25, 0.3) is 5.91 Å². The number of Topliss-reactive ketones (excluding diaryl/α,β-unsaturated/α-hetero) is 1. The minimum atomic E-state index is -0.294. The summed E-state index contributed by atoms with van der Waals surface area (Å²) in [5.41, 5.74) is 2.04. The van der Waals surface area contributed by atoms with Gasteiger partial charge in [0.15, 0.2) is 18.2 Å². The molecule has 3 rings (SSSR count). The van der Waals surface area contributed by atoms with Crippen molar-refractivity contribution in [3.05, 3.63) is 54.1 Å². The van der Waals surface area contributed by atoms with Crippen LogP contribution in [0.3, 0.4) is 0 Å². The molecule has 0 saturated carbocycles. The molecule has 8 heteroatoms. The van der Waals surface area contributed by atoms with Crippen molar-refractivity contribution in [3.63, 3.8) is 0 Å². The van der Waals surface area contributed by atoms with Crippen LogP contribution in [0.5, 0.6) is 5.75 Å². The van der Waals surface area contributed by atoms with Crippen molar-refractivity contribution in [2.24, 2.45) is 7.05 Å². The highest BCUT2D eigenvalue weighted by atomic mass is 16.5. The molecule has 0 bridgehead atoms. The molecule has 3 aromatic rings. The topological polar surface area (TPSA) is 99.0 Å². The molecule has 0 aliphatic carbocycles. The first-order chi connectivity index (χ1) is 13.1. The smallest absolute Gasteiger partial charge is 0.262 e. The number of tetrazole rings is 1. The second-order valence-electron chi connectivity index (χ2n) is 5.84. The number of benzene rings is 2. The molecule has 8 nitrogen and oxygen atoms in total. The van der Waals surface area contributed by atoms with Gasteiger partial charge in [-0.1, -0.05) is 19.1 Å². The summed E-state index contributed by atoms with van der Waals surface area (Å²) in [4.78, 5) is 23.7.